The van der Waals surface area contributed by atoms with E-state index in [1.165, 1.54) is 19.1 Å². The molecule has 0 aromatic heterocycles. The molecule has 0 radical (unpaired) electrons. The van der Waals surface area contributed by atoms with Crippen molar-refractivity contribution in [2.75, 3.05) is 6.61 Å². The zero-order valence-electron chi connectivity index (χ0n) is 15.3. The van der Waals surface area contributed by atoms with Crippen LogP contribution in [0, 0.1) is 6.92 Å². The van der Waals surface area contributed by atoms with Gasteiger partial charge in [0.1, 0.15) is 0 Å². The third kappa shape index (κ3) is 4.49. The number of carbonyl (C=O) groups is 1. The summed E-state index contributed by atoms with van der Waals surface area (Å²) in [4.78, 5) is 15.4. The predicted molar refractivity (Wildman–Crippen MR) is 101 cm³/mol. The summed E-state index contributed by atoms with van der Waals surface area (Å²) in [7, 11) is -4.04. The van der Waals surface area contributed by atoms with E-state index in [0.717, 1.165) is 5.56 Å². The molecule has 0 aliphatic rings. The lowest BCUT2D eigenvalue weighted by Gasteiger charge is -2.26. The van der Waals surface area contributed by atoms with Gasteiger partial charge in [-0.05, 0) is 38.5 Å². The molecule has 1 atom stereocenters. The third-order valence-corrected chi connectivity index (χ3v) is 5.63. The van der Waals surface area contributed by atoms with Crippen LogP contribution in [0.1, 0.15) is 25.0 Å². The molecule has 2 aromatic rings. The summed E-state index contributed by atoms with van der Waals surface area (Å²) >= 11 is 0. The van der Waals surface area contributed by atoms with Crippen LogP contribution < -0.4 is 4.72 Å². The highest BCUT2D eigenvalue weighted by Gasteiger charge is 2.48. The predicted octanol–water partition coefficient (Wildman–Crippen LogP) is 2.42. The molecule has 0 amide bonds. The molecule has 1 N–H and O–H groups in total. The number of nitrogens with one attached hydrogen (secondary N) is 1. The number of nitrogens with zero attached hydrogens (tertiary/aromatic N) is 2. The van der Waals surface area contributed by atoms with Crippen molar-refractivity contribution in [2.45, 2.75) is 31.2 Å². The summed E-state index contributed by atoms with van der Waals surface area (Å²) in [6, 6.07) is 14.6. The molecule has 0 bridgehead atoms. The van der Waals surface area contributed by atoms with Crippen LogP contribution in [0.25, 0.3) is 5.53 Å². The Balaban J connectivity index is 2.58. The lowest BCUT2D eigenvalue weighted by molar-refractivity contribution is -0.141. The van der Waals surface area contributed by atoms with E-state index in [9.17, 15) is 18.7 Å². The second-order valence-electron chi connectivity index (χ2n) is 6.08. The van der Waals surface area contributed by atoms with Crippen molar-refractivity contribution in [3.05, 3.63) is 71.3 Å². The van der Waals surface area contributed by atoms with E-state index in [1.54, 1.807) is 49.4 Å². The van der Waals surface area contributed by atoms with Gasteiger partial charge >= 0.3 is 11.7 Å². The van der Waals surface area contributed by atoms with Crippen LogP contribution in [0.3, 0.4) is 0 Å². The fraction of sp³-hybridized carbons (Fsp3) is 0.263. The lowest BCUT2D eigenvalue weighted by Crippen LogP contribution is -2.53. The van der Waals surface area contributed by atoms with Gasteiger partial charge in [0, 0.05) is 0 Å². The Hall–Kier alpha value is -2.80. The first-order valence-corrected chi connectivity index (χ1v) is 9.78. The number of aryl methyl sites for hydroxylation is 1. The van der Waals surface area contributed by atoms with Gasteiger partial charge in [-0.15, -0.1) is 0 Å². The SMILES string of the molecule is CCOC(=O)C(=[N+]=[N-])C(C)(NS(=O)(=O)c1ccc(C)cc1)c1ccccc1. The van der Waals surface area contributed by atoms with Crippen molar-refractivity contribution < 1.29 is 22.7 Å². The van der Waals surface area contributed by atoms with Crippen molar-refractivity contribution in [3.8, 4) is 0 Å². The van der Waals surface area contributed by atoms with Gasteiger partial charge in [0.05, 0.1) is 11.5 Å². The summed E-state index contributed by atoms with van der Waals surface area (Å²) in [6.07, 6.45) is 0. The molecule has 8 heteroatoms. The highest BCUT2D eigenvalue weighted by Crippen LogP contribution is 2.26. The molecule has 2 rings (SSSR count). The van der Waals surface area contributed by atoms with Gasteiger partial charge in [-0.25, -0.2) is 13.2 Å². The molecule has 1 unspecified atom stereocenters. The molecule has 7 nitrogen and oxygen atoms in total. The van der Waals surface area contributed by atoms with Gasteiger partial charge in [0.2, 0.25) is 10.0 Å². The van der Waals surface area contributed by atoms with E-state index in [4.69, 9.17) is 4.74 Å². The molecule has 27 heavy (non-hydrogen) atoms. The normalized spacial score (nSPS) is 13.3. The number of rotatable bonds is 7. The monoisotopic (exact) mass is 387 g/mol. The number of ether oxygens (including phenoxy) is 1. The van der Waals surface area contributed by atoms with E-state index in [0.29, 0.717) is 5.56 Å². The standard InChI is InChI=1S/C19H21N3O4S/c1-4-26-18(23)17(21-20)19(3,15-8-6-5-7-9-15)22-27(24,25)16-12-10-14(2)11-13-16/h5-13,22H,4H2,1-3H3. The fourth-order valence-corrected chi connectivity index (χ4v) is 3.97. The van der Waals surface area contributed by atoms with Gasteiger partial charge in [-0.2, -0.15) is 9.51 Å². The Morgan fingerprint density at radius 1 is 1.15 bits per heavy atom. The smallest absolute Gasteiger partial charge is 0.419 e. The van der Waals surface area contributed by atoms with Crippen LogP contribution in [0.5, 0.6) is 0 Å². The molecule has 0 aliphatic heterocycles. The average Bonchev–Trinajstić information content (AvgIpc) is 2.63. The summed E-state index contributed by atoms with van der Waals surface area (Å²) in [5.74, 6) is -0.919. The molecule has 0 aliphatic carbocycles. The number of hydrogen-bond acceptors (Lipinski definition) is 4. The van der Waals surface area contributed by atoms with E-state index in [1.807, 2.05) is 6.92 Å². The van der Waals surface area contributed by atoms with Crippen LogP contribution in [0.4, 0.5) is 0 Å². The van der Waals surface area contributed by atoms with Gasteiger partial charge in [-0.3, -0.25) is 0 Å². The van der Waals surface area contributed by atoms with E-state index in [2.05, 4.69) is 9.51 Å². The van der Waals surface area contributed by atoms with Gasteiger partial charge in [0.15, 0.2) is 5.54 Å². The van der Waals surface area contributed by atoms with E-state index < -0.39 is 27.2 Å². The highest BCUT2D eigenvalue weighted by atomic mass is 32.2. The minimum Gasteiger partial charge on any atom is -0.457 e. The quantitative estimate of drug-likeness (QED) is 0.340. The first kappa shape index (κ1) is 20.5. The number of esters is 1. The fourth-order valence-electron chi connectivity index (χ4n) is 2.60. The zero-order chi connectivity index (χ0) is 20.1. The maximum absolute atomic E-state index is 12.9. The first-order valence-electron chi connectivity index (χ1n) is 8.30. The van der Waals surface area contributed by atoms with Crippen LogP contribution in [0.2, 0.25) is 0 Å². The Labute approximate surface area is 158 Å². The van der Waals surface area contributed by atoms with Crippen LogP contribution in [-0.4, -0.2) is 31.5 Å². The van der Waals surface area contributed by atoms with E-state index in [-0.39, 0.29) is 11.5 Å². The Morgan fingerprint density at radius 2 is 1.74 bits per heavy atom. The first-order chi connectivity index (χ1) is 12.7. The van der Waals surface area contributed by atoms with Crippen LogP contribution in [-0.2, 0) is 25.1 Å². The Morgan fingerprint density at radius 3 is 2.26 bits per heavy atom. The number of hydrogen-bond donors (Lipinski definition) is 1. The number of carbonyl (C=O) groups excluding carboxylic acids is 1. The molecule has 0 spiro atoms. The van der Waals surface area contributed by atoms with E-state index >= 15 is 0 Å². The highest BCUT2D eigenvalue weighted by molar-refractivity contribution is 7.89. The van der Waals surface area contributed by atoms with Crippen LogP contribution in [0.15, 0.2) is 59.5 Å². The number of benzene rings is 2. The molecule has 0 saturated carbocycles. The minimum atomic E-state index is -4.04. The van der Waals surface area contributed by atoms with Crippen molar-refractivity contribution >= 4 is 21.7 Å². The summed E-state index contributed by atoms with van der Waals surface area (Å²) in [6.45, 7) is 4.94. The lowest BCUT2D eigenvalue weighted by atomic mass is 9.88. The molecular formula is C19H21N3O4S. The average molecular weight is 387 g/mol. The second-order valence-corrected chi connectivity index (χ2v) is 7.76. The number of sulfonamides is 1. The molecule has 0 heterocycles. The van der Waals surface area contributed by atoms with Gasteiger partial charge in [-0.1, -0.05) is 48.0 Å². The molecule has 0 saturated heterocycles. The molecular weight excluding hydrogens is 366 g/mol. The molecule has 142 valence electrons. The largest absolute Gasteiger partial charge is 0.457 e. The minimum absolute atomic E-state index is 0.0244. The third-order valence-electron chi connectivity index (χ3n) is 4.06. The molecule has 0 fully saturated rings. The topological polar surface area (TPSA) is 109 Å². The van der Waals surface area contributed by atoms with Gasteiger partial charge in [0.25, 0.3) is 0 Å². The van der Waals surface area contributed by atoms with Gasteiger partial charge < -0.3 is 10.3 Å². The van der Waals surface area contributed by atoms with Crippen LogP contribution >= 0.6 is 0 Å². The maximum Gasteiger partial charge on any atom is 0.419 e. The maximum atomic E-state index is 12.9. The Bertz CT molecular complexity index is 966. The second kappa shape index (κ2) is 8.26. The van der Waals surface area contributed by atoms with Crippen molar-refractivity contribution in [3.63, 3.8) is 0 Å². The zero-order valence-corrected chi connectivity index (χ0v) is 16.2. The summed E-state index contributed by atoms with van der Waals surface area (Å²) in [5.41, 5.74) is 8.69. The Kier molecular flexibility index (Phi) is 6.28. The summed E-state index contributed by atoms with van der Waals surface area (Å²) < 4.78 is 33.3. The van der Waals surface area contributed by atoms with Crippen molar-refractivity contribution in [2.24, 2.45) is 0 Å². The summed E-state index contributed by atoms with van der Waals surface area (Å²) in [5, 5.41) is 0. The van der Waals surface area contributed by atoms with Crippen molar-refractivity contribution in [1.29, 1.82) is 0 Å². The molecule has 2 aromatic carbocycles. The van der Waals surface area contributed by atoms with Crippen molar-refractivity contribution in [1.82, 2.24) is 4.72 Å².